The minimum absolute atomic E-state index is 0. The van der Waals surface area contributed by atoms with Crippen LogP contribution < -0.4 is 0 Å². The largest absolute Gasteiger partial charge is 0.295 e. The maximum Gasteiger partial charge on any atom is 0.159 e. The van der Waals surface area contributed by atoms with Gasteiger partial charge >= 0.3 is 0 Å². The molecule has 2 rings (SSSR count). The SMILES string of the molecule is CCC[C@H](CCC(=O)C1=CC(C(C)=NC)=C(C)CC1C)c1ccccc1.[HH]. The summed E-state index contributed by atoms with van der Waals surface area (Å²) >= 11 is 0. The van der Waals surface area contributed by atoms with Gasteiger partial charge in [-0.3, -0.25) is 9.79 Å². The van der Waals surface area contributed by atoms with Crippen LogP contribution in [0.2, 0.25) is 0 Å². The Morgan fingerprint density at radius 3 is 2.58 bits per heavy atom. The highest BCUT2D eigenvalue weighted by Crippen LogP contribution is 2.33. The van der Waals surface area contributed by atoms with Crippen LogP contribution in [0, 0.1) is 5.92 Å². The predicted molar refractivity (Wildman–Crippen MR) is 114 cm³/mol. The minimum atomic E-state index is 0. The van der Waals surface area contributed by atoms with Crippen LogP contribution >= 0.6 is 0 Å². The first-order valence-electron chi connectivity index (χ1n) is 9.91. The first-order chi connectivity index (χ1) is 12.5. The van der Waals surface area contributed by atoms with Crippen molar-refractivity contribution in [3.63, 3.8) is 0 Å². The number of rotatable bonds is 8. The second-order valence-corrected chi connectivity index (χ2v) is 7.57. The Morgan fingerprint density at radius 2 is 1.96 bits per heavy atom. The van der Waals surface area contributed by atoms with Gasteiger partial charge in [0.2, 0.25) is 0 Å². The summed E-state index contributed by atoms with van der Waals surface area (Å²) in [4.78, 5) is 17.3. The summed E-state index contributed by atoms with van der Waals surface area (Å²) in [6.45, 7) is 8.57. The van der Waals surface area contributed by atoms with E-state index in [1.54, 1.807) is 0 Å². The summed E-state index contributed by atoms with van der Waals surface area (Å²) in [5.41, 5.74) is 5.86. The average Bonchev–Trinajstić information content (AvgIpc) is 2.65. The minimum Gasteiger partial charge on any atom is -0.295 e. The summed E-state index contributed by atoms with van der Waals surface area (Å²) in [5, 5.41) is 0. The lowest BCUT2D eigenvalue weighted by Gasteiger charge is -2.24. The van der Waals surface area contributed by atoms with Crippen LogP contribution in [0.5, 0.6) is 0 Å². The highest BCUT2D eigenvalue weighted by Gasteiger charge is 2.24. The monoisotopic (exact) mass is 353 g/mol. The smallest absolute Gasteiger partial charge is 0.159 e. The maximum atomic E-state index is 13.0. The van der Waals surface area contributed by atoms with E-state index in [0.717, 1.165) is 42.5 Å². The number of hydrogen-bond donors (Lipinski definition) is 0. The van der Waals surface area contributed by atoms with Gasteiger partial charge in [-0.1, -0.05) is 56.2 Å². The van der Waals surface area contributed by atoms with E-state index in [0.29, 0.717) is 24.0 Å². The molecule has 1 aliphatic carbocycles. The number of ketones is 1. The Hall–Kier alpha value is -1.96. The lowest BCUT2D eigenvalue weighted by molar-refractivity contribution is -0.116. The maximum absolute atomic E-state index is 13.0. The normalized spacial score (nSPS) is 19.3. The van der Waals surface area contributed by atoms with Gasteiger partial charge in [0.25, 0.3) is 0 Å². The number of nitrogens with zero attached hydrogens (tertiary/aromatic N) is 1. The molecule has 0 aliphatic heterocycles. The number of Topliss-reactive ketones (excluding diaryl/α,β-unsaturated/α-hetero) is 1. The van der Waals surface area contributed by atoms with Gasteiger partial charge in [-0.15, -0.1) is 0 Å². The number of allylic oxidation sites excluding steroid dienone is 4. The molecule has 0 fully saturated rings. The molecule has 1 aliphatic rings. The van der Waals surface area contributed by atoms with Crippen LogP contribution in [0.4, 0.5) is 0 Å². The highest BCUT2D eigenvalue weighted by molar-refractivity contribution is 6.05. The van der Waals surface area contributed by atoms with E-state index >= 15 is 0 Å². The second kappa shape index (κ2) is 9.66. The molecule has 0 N–H and O–H groups in total. The third-order valence-electron chi connectivity index (χ3n) is 5.58. The number of hydrogen-bond acceptors (Lipinski definition) is 2. The fraction of sp³-hybridized carbons (Fsp3) is 0.500. The molecule has 2 nitrogen and oxygen atoms in total. The van der Waals surface area contributed by atoms with E-state index in [9.17, 15) is 4.79 Å². The first-order valence-corrected chi connectivity index (χ1v) is 9.91. The van der Waals surface area contributed by atoms with Crippen LogP contribution in [0.1, 0.15) is 72.7 Å². The lowest BCUT2D eigenvalue weighted by atomic mass is 9.80. The highest BCUT2D eigenvalue weighted by atomic mass is 16.1. The van der Waals surface area contributed by atoms with Crippen molar-refractivity contribution in [2.75, 3.05) is 7.05 Å². The molecule has 1 unspecified atom stereocenters. The van der Waals surface area contributed by atoms with E-state index < -0.39 is 0 Å². The number of carbonyl (C=O) groups excluding carboxylic acids is 1. The molecule has 0 saturated heterocycles. The number of carbonyl (C=O) groups is 1. The van der Waals surface area contributed by atoms with Crippen molar-refractivity contribution in [2.45, 2.75) is 65.7 Å². The van der Waals surface area contributed by atoms with E-state index in [2.05, 4.69) is 62.2 Å². The Balaban J connectivity index is 0.00000364. The van der Waals surface area contributed by atoms with Gasteiger partial charge in [0.15, 0.2) is 5.78 Å². The summed E-state index contributed by atoms with van der Waals surface area (Å²) < 4.78 is 0. The third-order valence-corrected chi connectivity index (χ3v) is 5.58. The fourth-order valence-electron chi connectivity index (χ4n) is 3.99. The molecule has 2 atom stereocenters. The molecule has 26 heavy (non-hydrogen) atoms. The van der Waals surface area contributed by atoms with Crippen molar-refractivity contribution in [1.29, 1.82) is 0 Å². The molecule has 0 heterocycles. The van der Waals surface area contributed by atoms with Gasteiger partial charge in [0.05, 0.1) is 0 Å². The molecule has 0 saturated carbocycles. The molecule has 2 heteroatoms. The molecular formula is C24H35NO. The van der Waals surface area contributed by atoms with Crippen LogP contribution in [0.15, 0.2) is 58.1 Å². The molecule has 0 amide bonds. The van der Waals surface area contributed by atoms with E-state index in [-0.39, 0.29) is 1.43 Å². The Kier molecular flexibility index (Phi) is 7.56. The van der Waals surface area contributed by atoms with Crippen molar-refractivity contribution in [1.82, 2.24) is 0 Å². The molecule has 1 aromatic carbocycles. The van der Waals surface area contributed by atoms with E-state index in [4.69, 9.17) is 0 Å². The first kappa shape index (κ1) is 20.4. The zero-order valence-corrected chi connectivity index (χ0v) is 17.0. The summed E-state index contributed by atoms with van der Waals surface area (Å²) in [5.74, 6) is 1.08. The lowest BCUT2D eigenvalue weighted by Crippen LogP contribution is -2.18. The molecule has 0 aromatic heterocycles. The molecule has 1 aromatic rings. The van der Waals surface area contributed by atoms with Crippen LogP contribution in [-0.2, 0) is 4.79 Å². The summed E-state index contributed by atoms with van der Waals surface area (Å²) in [6.07, 6.45) is 6.90. The number of aliphatic imine (C=N–C) groups is 1. The quantitative estimate of drug-likeness (QED) is 0.488. The van der Waals surface area contributed by atoms with Gasteiger partial charge < -0.3 is 0 Å². The van der Waals surface area contributed by atoms with Crippen molar-refractivity contribution in [3.05, 3.63) is 58.7 Å². The molecule has 142 valence electrons. The van der Waals surface area contributed by atoms with Crippen LogP contribution in [-0.4, -0.2) is 18.5 Å². The standard InChI is InChI=1S/C24H33NO.H2/c1-6-10-20(21-11-8-7-9-12-21)13-14-24(26)23-16-22(19(4)25-5)17(2)15-18(23)3;/h7-9,11-12,16,18,20H,6,10,13-15H2,1-5H3;1H/t18?,20-;/m1./s1. The van der Waals surface area contributed by atoms with Crippen LogP contribution in [0.25, 0.3) is 0 Å². The summed E-state index contributed by atoms with van der Waals surface area (Å²) in [6, 6.07) is 10.6. The third kappa shape index (κ3) is 5.03. The fourth-order valence-corrected chi connectivity index (χ4v) is 3.99. The van der Waals surface area contributed by atoms with E-state index in [1.165, 1.54) is 11.1 Å². The van der Waals surface area contributed by atoms with Crippen LogP contribution in [0.3, 0.4) is 0 Å². The van der Waals surface area contributed by atoms with Gasteiger partial charge in [0.1, 0.15) is 0 Å². The van der Waals surface area contributed by atoms with Crippen molar-refractivity contribution in [2.24, 2.45) is 10.9 Å². The van der Waals surface area contributed by atoms with Gasteiger partial charge in [0, 0.05) is 20.6 Å². The Bertz CT molecular complexity index is 715. The molecule has 0 spiro atoms. The predicted octanol–water partition coefficient (Wildman–Crippen LogP) is 6.54. The molecule has 0 radical (unpaired) electrons. The topological polar surface area (TPSA) is 29.4 Å². The number of benzene rings is 1. The van der Waals surface area contributed by atoms with E-state index in [1.807, 2.05) is 14.0 Å². The van der Waals surface area contributed by atoms with Gasteiger partial charge in [-0.25, -0.2) is 0 Å². The Morgan fingerprint density at radius 1 is 1.27 bits per heavy atom. The van der Waals surface area contributed by atoms with Gasteiger partial charge in [-0.2, -0.15) is 0 Å². The summed E-state index contributed by atoms with van der Waals surface area (Å²) in [7, 11) is 1.82. The second-order valence-electron chi connectivity index (χ2n) is 7.57. The molecular weight excluding hydrogens is 318 g/mol. The van der Waals surface area contributed by atoms with Gasteiger partial charge in [-0.05, 0) is 67.7 Å². The van der Waals surface area contributed by atoms with Crippen molar-refractivity contribution in [3.8, 4) is 0 Å². The van der Waals surface area contributed by atoms with Crippen molar-refractivity contribution >= 4 is 11.5 Å². The average molecular weight is 354 g/mol. The molecule has 0 bridgehead atoms. The Labute approximate surface area is 160 Å². The zero-order valence-electron chi connectivity index (χ0n) is 17.0. The zero-order chi connectivity index (χ0) is 19.1. The van der Waals surface area contributed by atoms with Crippen molar-refractivity contribution < 1.29 is 6.22 Å².